The Bertz CT molecular complexity index is 489. The molecule has 10 heteroatoms. The Morgan fingerprint density at radius 2 is 1.53 bits per heavy atom. The average molecular weight is 281 g/mol. The van der Waals surface area contributed by atoms with Gasteiger partial charge >= 0.3 is 12.3 Å². The Kier molecular flexibility index (Phi) is 4.02. The molecule has 19 heavy (non-hydrogen) atoms. The van der Waals surface area contributed by atoms with Crippen LogP contribution >= 0.6 is 0 Å². The highest BCUT2D eigenvalue weighted by Crippen LogP contribution is 2.37. The summed E-state index contributed by atoms with van der Waals surface area (Å²) in [4.78, 5) is 18.8. The van der Waals surface area contributed by atoms with E-state index in [4.69, 9.17) is 0 Å². The maximum atomic E-state index is 12.9. The van der Waals surface area contributed by atoms with Crippen molar-refractivity contribution in [1.82, 2.24) is 0 Å². The van der Waals surface area contributed by atoms with E-state index in [0.29, 0.717) is 12.1 Å². The summed E-state index contributed by atoms with van der Waals surface area (Å²) < 4.78 is 49.8. The third kappa shape index (κ3) is 3.14. The number of rotatable bonds is 5. The molecule has 0 aromatic heterocycles. The van der Waals surface area contributed by atoms with Crippen LogP contribution in [0.1, 0.15) is 5.56 Å². The van der Waals surface area contributed by atoms with Crippen molar-refractivity contribution in [3.63, 3.8) is 0 Å². The van der Waals surface area contributed by atoms with Crippen LogP contribution in [0.3, 0.4) is 0 Å². The molecule has 0 aliphatic heterocycles. The van der Waals surface area contributed by atoms with Gasteiger partial charge in [0.15, 0.2) is 0 Å². The van der Waals surface area contributed by atoms with Gasteiger partial charge in [-0.3, -0.25) is 20.2 Å². The van der Waals surface area contributed by atoms with E-state index in [2.05, 4.69) is 0 Å². The molecule has 1 radical (unpaired) electrons. The molecule has 1 aromatic rings. The predicted octanol–water partition coefficient (Wildman–Crippen LogP) is 2.96. The first-order valence-electron chi connectivity index (χ1n) is 4.60. The number of nitro groups is 2. The summed E-state index contributed by atoms with van der Waals surface area (Å²) in [6.07, 6.45) is -4.60. The highest BCUT2D eigenvalue weighted by molar-refractivity contribution is 5.58. The summed E-state index contributed by atoms with van der Waals surface area (Å²) in [5.74, 6) is -4.71. The first-order valence-corrected chi connectivity index (χ1v) is 4.60. The van der Waals surface area contributed by atoms with Crippen LogP contribution in [0, 0.1) is 26.6 Å². The van der Waals surface area contributed by atoms with E-state index in [1.165, 1.54) is 0 Å². The van der Waals surface area contributed by atoms with Crippen LogP contribution in [0.2, 0.25) is 0 Å². The lowest BCUT2D eigenvalue weighted by Crippen LogP contribution is -2.28. The van der Waals surface area contributed by atoms with Crippen molar-refractivity contribution < 1.29 is 27.4 Å². The minimum Gasteiger partial charge on any atom is -0.258 e. The van der Waals surface area contributed by atoms with Gasteiger partial charge < -0.3 is 0 Å². The maximum Gasteiger partial charge on any atom is 0.315 e. The molecular formula is C9H5F4N2O4. The molecule has 0 aliphatic rings. The SMILES string of the molecule is O=[N+]([O-])c1cccc([N+](=O)[O-])c1[CH]C(F)(F)C(F)F. The molecule has 0 fully saturated rings. The molecule has 0 spiro atoms. The zero-order chi connectivity index (χ0) is 14.8. The Morgan fingerprint density at radius 1 is 1.11 bits per heavy atom. The molecule has 0 amide bonds. The molecule has 0 bridgehead atoms. The molecule has 0 N–H and O–H groups in total. The molecule has 0 saturated carbocycles. The lowest BCUT2D eigenvalue weighted by molar-refractivity contribution is -0.395. The van der Waals surface area contributed by atoms with E-state index in [1.807, 2.05) is 0 Å². The molecule has 0 atom stereocenters. The van der Waals surface area contributed by atoms with E-state index in [9.17, 15) is 37.8 Å². The van der Waals surface area contributed by atoms with Crippen LogP contribution < -0.4 is 0 Å². The third-order valence-electron chi connectivity index (χ3n) is 2.08. The van der Waals surface area contributed by atoms with Gasteiger partial charge in [-0.1, -0.05) is 0 Å². The second-order valence-corrected chi connectivity index (χ2v) is 3.34. The van der Waals surface area contributed by atoms with Gasteiger partial charge in [0.25, 0.3) is 11.4 Å². The molecule has 6 nitrogen and oxygen atoms in total. The second-order valence-electron chi connectivity index (χ2n) is 3.34. The van der Waals surface area contributed by atoms with Crippen LogP contribution in [0.25, 0.3) is 0 Å². The molecule has 1 aromatic carbocycles. The van der Waals surface area contributed by atoms with Crippen LogP contribution in [-0.4, -0.2) is 22.2 Å². The Labute approximate surface area is 102 Å². The van der Waals surface area contributed by atoms with Gasteiger partial charge in [-0.15, -0.1) is 0 Å². The van der Waals surface area contributed by atoms with Gasteiger partial charge in [0.2, 0.25) is 0 Å². The highest BCUT2D eigenvalue weighted by Gasteiger charge is 2.45. The number of halogens is 4. The van der Waals surface area contributed by atoms with Crippen molar-refractivity contribution in [3.05, 3.63) is 50.4 Å². The maximum absolute atomic E-state index is 12.9. The van der Waals surface area contributed by atoms with E-state index < -0.39 is 45.6 Å². The van der Waals surface area contributed by atoms with Gasteiger partial charge in [-0.2, -0.15) is 8.78 Å². The standard InChI is InChI=1S/C9H5F4N2O4/c10-8(11)9(12,13)4-5-6(14(16)17)2-1-3-7(5)15(18)19/h1-4,8H. The van der Waals surface area contributed by atoms with Crippen molar-refractivity contribution in [3.8, 4) is 0 Å². The number of hydrogen-bond acceptors (Lipinski definition) is 4. The fourth-order valence-electron chi connectivity index (χ4n) is 1.26. The van der Waals surface area contributed by atoms with Gasteiger partial charge in [-0.05, 0) is 6.07 Å². The quantitative estimate of drug-likeness (QED) is 0.471. The Balaban J connectivity index is 3.38. The Morgan fingerprint density at radius 3 is 1.84 bits per heavy atom. The number of alkyl halides is 4. The summed E-state index contributed by atoms with van der Waals surface area (Å²) in [6, 6.07) is 2.31. The van der Waals surface area contributed by atoms with Gasteiger partial charge in [0.05, 0.1) is 16.3 Å². The number of hydrogen-bond donors (Lipinski definition) is 0. The molecular weight excluding hydrogens is 276 g/mol. The second kappa shape index (κ2) is 5.16. The smallest absolute Gasteiger partial charge is 0.258 e. The van der Waals surface area contributed by atoms with Crippen LogP contribution in [-0.2, 0) is 0 Å². The van der Waals surface area contributed by atoms with Crippen LogP contribution in [0.15, 0.2) is 18.2 Å². The molecule has 0 heterocycles. The van der Waals surface area contributed by atoms with Crippen LogP contribution in [0.5, 0.6) is 0 Å². The number of nitro benzene ring substituents is 2. The summed E-state index contributed by atoms with van der Waals surface area (Å²) in [6.45, 7) is 0. The van der Waals surface area contributed by atoms with Crippen molar-refractivity contribution in [2.75, 3.05) is 0 Å². The fraction of sp³-hybridized carbons (Fsp3) is 0.222. The topological polar surface area (TPSA) is 86.3 Å². The summed E-state index contributed by atoms with van der Waals surface area (Å²) >= 11 is 0. The van der Waals surface area contributed by atoms with E-state index in [-0.39, 0.29) is 0 Å². The summed E-state index contributed by atoms with van der Waals surface area (Å²) in [5, 5.41) is 21.2. The molecule has 0 aliphatic carbocycles. The lowest BCUT2D eigenvalue weighted by atomic mass is 10.0. The highest BCUT2D eigenvalue weighted by atomic mass is 19.3. The normalized spacial score (nSPS) is 11.6. The Hall–Kier alpha value is -2.26. The monoisotopic (exact) mass is 281 g/mol. The lowest BCUT2D eigenvalue weighted by Gasteiger charge is -2.14. The third-order valence-corrected chi connectivity index (χ3v) is 2.08. The zero-order valence-electron chi connectivity index (χ0n) is 8.93. The first kappa shape index (κ1) is 14.8. The zero-order valence-corrected chi connectivity index (χ0v) is 8.93. The summed E-state index contributed by atoms with van der Waals surface area (Å²) in [7, 11) is 0. The number of benzene rings is 1. The minimum absolute atomic E-state index is 0.464. The first-order chi connectivity index (χ1) is 8.66. The number of nitrogens with zero attached hydrogens (tertiary/aromatic N) is 2. The van der Waals surface area contributed by atoms with Crippen LogP contribution in [0.4, 0.5) is 28.9 Å². The molecule has 0 saturated heterocycles. The van der Waals surface area contributed by atoms with Gasteiger partial charge in [-0.25, -0.2) is 8.78 Å². The molecule has 103 valence electrons. The van der Waals surface area contributed by atoms with Gasteiger partial charge in [0, 0.05) is 12.1 Å². The van der Waals surface area contributed by atoms with Crippen molar-refractivity contribution in [1.29, 1.82) is 0 Å². The van der Waals surface area contributed by atoms with Gasteiger partial charge in [0.1, 0.15) is 5.56 Å². The van der Waals surface area contributed by atoms with E-state index in [1.54, 1.807) is 0 Å². The van der Waals surface area contributed by atoms with E-state index >= 15 is 0 Å². The van der Waals surface area contributed by atoms with Crippen molar-refractivity contribution in [2.24, 2.45) is 0 Å². The van der Waals surface area contributed by atoms with Crippen molar-refractivity contribution in [2.45, 2.75) is 12.3 Å². The predicted molar refractivity (Wildman–Crippen MR) is 54.1 cm³/mol. The summed E-state index contributed by atoms with van der Waals surface area (Å²) in [5.41, 5.74) is -3.24. The largest absolute Gasteiger partial charge is 0.315 e. The molecule has 1 rings (SSSR count). The average Bonchev–Trinajstić information content (AvgIpc) is 2.27. The fourth-order valence-corrected chi connectivity index (χ4v) is 1.26. The molecule has 0 unspecified atom stereocenters. The van der Waals surface area contributed by atoms with Crippen molar-refractivity contribution >= 4 is 11.4 Å². The van der Waals surface area contributed by atoms with E-state index in [0.717, 1.165) is 6.07 Å². The minimum atomic E-state index is -4.71.